The van der Waals surface area contributed by atoms with Crippen LogP contribution in [-0.2, 0) is 4.79 Å². The molecule has 6 heteroatoms. The normalized spacial score (nSPS) is 14.7. The zero-order chi connectivity index (χ0) is 17.1. The SMILES string of the molecule is CCOc1cc(C=C2C(=O)Nc3ccccc32)ccc1OC(F)F. The van der Waals surface area contributed by atoms with Crippen LogP contribution in [0.15, 0.2) is 42.5 Å². The minimum Gasteiger partial charge on any atom is -0.490 e. The average Bonchev–Trinajstić information content (AvgIpc) is 2.86. The minimum absolute atomic E-state index is 0.0368. The van der Waals surface area contributed by atoms with Crippen molar-refractivity contribution < 1.29 is 23.0 Å². The number of amides is 1. The summed E-state index contributed by atoms with van der Waals surface area (Å²) in [6.45, 7) is -0.873. The number of carbonyl (C=O) groups excluding carboxylic acids is 1. The van der Waals surface area contributed by atoms with Gasteiger partial charge < -0.3 is 14.8 Å². The maximum Gasteiger partial charge on any atom is 0.387 e. The van der Waals surface area contributed by atoms with E-state index in [0.717, 1.165) is 11.3 Å². The lowest BCUT2D eigenvalue weighted by molar-refractivity contribution is -0.110. The monoisotopic (exact) mass is 331 g/mol. The molecule has 0 spiro atoms. The third-order valence-corrected chi connectivity index (χ3v) is 3.50. The van der Waals surface area contributed by atoms with Crippen molar-refractivity contribution in [3.8, 4) is 11.5 Å². The third-order valence-electron chi connectivity index (χ3n) is 3.50. The number of ether oxygens (including phenoxy) is 2. The van der Waals surface area contributed by atoms with Crippen LogP contribution in [0.1, 0.15) is 18.1 Å². The van der Waals surface area contributed by atoms with Crippen molar-refractivity contribution >= 4 is 23.2 Å². The fourth-order valence-electron chi connectivity index (χ4n) is 2.52. The highest BCUT2D eigenvalue weighted by atomic mass is 19.3. The molecule has 1 N–H and O–H groups in total. The van der Waals surface area contributed by atoms with E-state index < -0.39 is 6.61 Å². The third kappa shape index (κ3) is 3.22. The van der Waals surface area contributed by atoms with E-state index in [4.69, 9.17) is 4.74 Å². The van der Waals surface area contributed by atoms with E-state index in [1.807, 2.05) is 24.3 Å². The molecule has 2 aromatic carbocycles. The van der Waals surface area contributed by atoms with E-state index in [2.05, 4.69) is 10.1 Å². The summed E-state index contributed by atoms with van der Waals surface area (Å²) in [5.41, 5.74) is 2.71. The van der Waals surface area contributed by atoms with Gasteiger partial charge in [-0.3, -0.25) is 4.79 Å². The van der Waals surface area contributed by atoms with E-state index in [9.17, 15) is 13.6 Å². The van der Waals surface area contributed by atoms with Crippen molar-refractivity contribution in [2.45, 2.75) is 13.5 Å². The zero-order valence-electron chi connectivity index (χ0n) is 12.9. The van der Waals surface area contributed by atoms with Crippen molar-refractivity contribution in [2.75, 3.05) is 11.9 Å². The molecule has 0 atom stereocenters. The number of alkyl halides is 2. The second-order valence-corrected chi connectivity index (χ2v) is 5.08. The largest absolute Gasteiger partial charge is 0.490 e. The van der Waals surface area contributed by atoms with Gasteiger partial charge in [0.15, 0.2) is 11.5 Å². The fraction of sp³-hybridized carbons (Fsp3) is 0.167. The van der Waals surface area contributed by atoms with Gasteiger partial charge in [-0.1, -0.05) is 24.3 Å². The molecule has 2 aromatic rings. The summed E-state index contributed by atoms with van der Waals surface area (Å²) in [4.78, 5) is 12.1. The Morgan fingerprint density at radius 2 is 1.96 bits per heavy atom. The summed E-state index contributed by atoms with van der Waals surface area (Å²) in [6.07, 6.45) is 1.69. The molecule has 0 saturated carbocycles. The van der Waals surface area contributed by atoms with Crippen LogP contribution in [0.4, 0.5) is 14.5 Å². The number of para-hydroxylation sites is 1. The molecule has 1 aliphatic rings. The van der Waals surface area contributed by atoms with Crippen LogP contribution in [0.25, 0.3) is 11.6 Å². The number of fused-ring (bicyclic) bond motifs is 1. The number of hydrogen-bond donors (Lipinski definition) is 1. The summed E-state index contributed by atoms with van der Waals surface area (Å²) in [5, 5.41) is 2.78. The van der Waals surface area contributed by atoms with E-state index in [0.29, 0.717) is 17.7 Å². The lowest BCUT2D eigenvalue weighted by Gasteiger charge is -2.12. The Kier molecular flexibility index (Phi) is 4.46. The van der Waals surface area contributed by atoms with Gasteiger partial charge in [0.25, 0.3) is 5.91 Å². The van der Waals surface area contributed by atoms with E-state index in [1.54, 1.807) is 25.1 Å². The number of benzene rings is 2. The van der Waals surface area contributed by atoms with Gasteiger partial charge in [-0.25, -0.2) is 0 Å². The first-order valence-electron chi connectivity index (χ1n) is 7.42. The number of rotatable bonds is 5. The van der Waals surface area contributed by atoms with Gasteiger partial charge in [0.2, 0.25) is 0 Å². The molecule has 0 unspecified atom stereocenters. The van der Waals surface area contributed by atoms with E-state index in [-0.39, 0.29) is 17.4 Å². The first-order valence-corrected chi connectivity index (χ1v) is 7.42. The Morgan fingerprint density at radius 3 is 2.71 bits per heavy atom. The van der Waals surface area contributed by atoms with Crippen LogP contribution in [0.2, 0.25) is 0 Å². The topological polar surface area (TPSA) is 47.6 Å². The molecule has 0 aromatic heterocycles. The molecule has 0 fully saturated rings. The fourth-order valence-corrected chi connectivity index (χ4v) is 2.52. The van der Waals surface area contributed by atoms with Crippen molar-refractivity contribution in [1.82, 2.24) is 0 Å². The van der Waals surface area contributed by atoms with Gasteiger partial charge in [-0.2, -0.15) is 8.78 Å². The van der Waals surface area contributed by atoms with Gasteiger partial charge in [0, 0.05) is 16.8 Å². The molecule has 1 heterocycles. The average molecular weight is 331 g/mol. The molecule has 4 nitrogen and oxygen atoms in total. The van der Waals surface area contributed by atoms with Crippen LogP contribution >= 0.6 is 0 Å². The van der Waals surface area contributed by atoms with Crippen LogP contribution in [-0.4, -0.2) is 19.1 Å². The summed E-state index contributed by atoms with van der Waals surface area (Å²) >= 11 is 0. The molecule has 1 aliphatic heterocycles. The van der Waals surface area contributed by atoms with Crippen LogP contribution in [0.5, 0.6) is 11.5 Å². The van der Waals surface area contributed by atoms with Gasteiger partial charge in [0.05, 0.1) is 6.61 Å². The van der Waals surface area contributed by atoms with Gasteiger partial charge >= 0.3 is 6.61 Å². The highest BCUT2D eigenvalue weighted by molar-refractivity contribution is 6.34. The van der Waals surface area contributed by atoms with Crippen LogP contribution < -0.4 is 14.8 Å². The smallest absolute Gasteiger partial charge is 0.387 e. The first kappa shape index (κ1) is 16.0. The van der Waals surface area contributed by atoms with Crippen LogP contribution in [0, 0.1) is 0 Å². The molecular weight excluding hydrogens is 316 g/mol. The predicted molar refractivity (Wildman–Crippen MR) is 87.2 cm³/mol. The molecule has 24 heavy (non-hydrogen) atoms. The molecule has 1 amide bonds. The lowest BCUT2D eigenvalue weighted by atomic mass is 10.0. The second kappa shape index (κ2) is 6.70. The Morgan fingerprint density at radius 1 is 1.17 bits per heavy atom. The summed E-state index contributed by atoms with van der Waals surface area (Å²) in [7, 11) is 0. The van der Waals surface area contributed by atoms with Gasteiger partial charge in [0.1, 0.15) is 0 Å². The number of nitrogens with one attached hydrogen (secondary N) is 1. The van der Waals surface area contributed by atoms with E-state index >= 15 is 0 Å². The molecular formula is C18H15F2NO3. The standard InChI is InChI=1S/C18H15F2NO3/c1-2-23-16-10-11(7-8-15(16)24-18(19)20)9-13-12-5-3-4-6-14(12)21-17(13)22/h3-10,18H,2H2,1H3,(H,21,22). The van der Waals surface area contributed by atoms with Crippen molar-refractivity contribution in [3.05, 3.63) is 53.6 Å². The van der Waals surface area contributed by atoms with Gasteiger partial charge in [-0.05, 0) is 36.8 Å². The highest BCUT2D eigenvalue weighted by Crippen LogP contribution is 2.35. The maximum atomic E-state index is 12.4. The van der Waals surface area contributed by atoms with Crippen molar-refractivity contribution in [3.63, 3.8) is 0 Å². The zero-order valence-corrected chi connectivity index (χ0v) is 12.9. The first-order chi connectivity index (χ1) is 11.6. The number of carbonyl (C=O) groups is 1. The van der Waals surface area contributed by atoms with Gasteiger partial charge in [-0.15, -0.1) is 0 Å². The van der Waals surface area contributed by atoms with E-state index in [1.165, 1.54) is 6.07 Å². The molecule has 3 rings (SSSR count). The maximum absolute atomic E-state index is 12.4. The minimum atomic E-state index is -2.93. The molecule has 124 valence electrons. The Hall–Kier alpha value is -2.89. The highest BCUT2D eigenvalue weighted by Gasteiger charge is 2.23. The van der Waals surface area contributed by atoms with Crippen molar-refractivity contribution in [2.24, 2.45) is 0 Å². The van der Waals surface area contributed by atoms with Crippen molar-refractivity contribution in [1.29, 1.82) is 0 Å². The quantitative estimate of drug-likeness (QED) is 0.836. The predicted octanol–water partition coefficient (Wildman–Crippen LogP) is 4.18. The second-order valence-electron chi connectivity index (χ2n) is 5.08. The number of anilines is 1. The Labute approximate surface area is 137 Å². The molecule has 0 aliphatic carbocycles. The summed E-state index contributed by atoms with van der Waals surface area (Å²) in [6, 6.07) is 11.9. The molecule has 0 saturated heterocycles. The summed E-state index contributed by atoms with van der Waals surface area (Å²) < 4.78 is 34.7. The van der Waals surface area contributed by atoms with Crippen LogP contribution in [0.3, 0.4) is 0 Å². The Balaban J connectivity index is 1.98. The number of halogens is 2. The molecule has 0 bridgehead atoms. The molecule has 0 radical (unpaired) electrons. The lowest BCUT2D eigenvalue weighted by Crippen LogP contribution is -2.05. The Bertz CT molecular complexity index is 803. The number of hydrogen-bond acceptors (Lipinski definition) is 3. The summed E-state index contributed by atoms with van der Waals surface area (Å²) in [5.74, 6) is -0.0359.